The first-order valence-electron chi connectivity index (χ1n) is 9.24. The van der Waals surface area contributed by atoms with Gasteiger partial charge in [0, 0.05) is 0 Å². The highest BCUT2D eigenvalue weighted by molar-refractivity contribution is 6.00. The summed E-state index contributed by atoms with van der Waals surface area (Å²) in [7, 11) is 0. The normalized spacial score (nSPS) is 10.4. The number of urea groups is 1. The van der Waals surface area contributed by atoms with Gasteiger partial charge in [0.25, 0.3) is 0 Å². The third-order valence-electron chi connectivity index (χ3n) is 4.12. The van der Waals surface area contributed by atoms with Gasteiger partial charge < -0.3 is 10.1 Å². The standard InChI is InChI=1S/C22H24N4O2/c1-16-10-11-20(28-12-6-9-18-7-4-3-5-8-18)19(13-16)25-22(27)26-21-15-23-17(2)14-24-21/h3-5,7-8,10-11,13-15H,6,9,12H2,1-2H3,(H2,24,25,26,27). The third-order valence-corrected chi connectivity index (χ3v) is 4.12. The van der Waals surface area contributed by atoms with Crippen LogP contribution in [0.5, 0.6) is 5.75 Å². The van der Waals surface area contributed by atoms with Crippen molar-refractivity contribution in [2.45, 2.75) is 26.7 Å². The number of carbonyl (C=O) groups is 1. The minimum absolute atomic E-state index is 0.390. The fourth-order valence-electron chi connectivity index (χ4n) is 2.70. The van der Waals surface area contributed by atoms with Crippen molar-refractivity contribution in [1.29, 1.82) is 0 Å². The van der Waals surface area contributed by atoms with E-state index in [-0.39, 0.29) is 0 Å². The molecule has 0 aliphatic rings. The molecule has 2 amide bonds. The molecule has 1 heterocycles. The van der Waals surface area contributed by atoms with Crippen molar-refractivity contribution in [2.75, 3.05) is 17.2 Å². The maximum atomic E-state index is 12.3. The first kappa shape index (κ1) is 19.4. The Balaban J connectivity index is 1.57. The Morgan fingerprint density at radius 2 is 1.82 bits per heavy atom. The van der Waals surface area contributed by atoms with E-state index in [0.717, 1.165) is 24.1 Å². The summed E-state index contributed by atoms with van der Waals surface area (Å²) in [5, 5.41) is 5.50. The summed E-state index contributed by atoms with van der Waals surface area (Å²) in [6.07, 6.45) is 4.96. The molecule has 0 aliphatic carbocycles. The molecule has 0 saturated heterocycles. The molecule has 0 aliphatic heterocycles. The Bertz CT molecular complexity index is 912. The lowest BCUT2D eigenvalue weighted by Gasteiger charge is -2.14. The van der Waals surface area contributed by atoms with E-state index < -0.39 is 6.03 Å². The highest BCUT2D eigenvalue weighted by atomic mass is 16.5. The maximum absolute atomic E-state index is 12.3. The van der Waals surface area contributed by atoms with E-state index in [1.54, 1.807) is 6.20 Å². The number of carbonyl (C=O) groups excluding carboxylic acids is 1. The van der Waals surface area contributed by atoms with E-state index in [4.69, 9.17) is 4.74 Å². The molecule has 2 N–H and O–H groups in total. The van der Waals surface area contributed by atoms with Gasteiger partial charge in [-0.1, -0.05) is 36.4 Å². The number of anilines is 2. The van der Waals surface area contributed by atoms with E-state index >= 15 is 0 Å². The van der Waals surface area contributed by atoms with Crippen LogP contribution in [-0.2, 0) is 6.42 Å². The van der Waals surface area contributed by atoms with Crippen LogP contribution in [-0.4, -0.2) is 22.6 Å². The van der Waals surface area contributed by atoms with Gasteiger partial charge in [-0.15, -0.1) is 0 Å². The Morgan fingerprint density at radius 1 is 1.00 bits per heavy atom. The van der Waals surface area contributed by atoms with E-state index in [2.05, 4.69) is 32.7 Å². The van der Waals surface area contributed by atoms with Crippen LogP contribution in [0, 0.1) is 13.8 Å². The fourth-order valence-corrected chi connectivity index (χ4v) is 2.70. The quantitative estimate of drug-likeness (QED) is 0.584. The second-order valence-electron chi connectivity index (χ2n) is 6.56. The molecule has 3 rings (SSSR count). The van der Waals surface area contributed by atoms with E-state index in [0.29, 0.717) is 23.9 Å². The van der Waals surface area contributed by atoms with Gasteiger partial charge in [-0.3, -0.25) is 10.3 Å². The summed E-state index contributed by atoms with van der Waals surface area (Å²) in [4.78, 5) is 20.5. The van der Waals surface area contributed by atoms with Crippen LogP contribution in [0.3, 0.4) is 0 Å². The predicted molar refractivity (Wildman–Crippen MR) is 111 cm³/mol. The highest BCUT2D eigenvalue weighted by Gasteiger charge is 2.09. The van der Waals surface area contributed by atoms with Crippen molar-refractivity contribution in [3.8, 4) is 5.75 Å². The second kappa shape index (κ2) is 9.50. The molecule has 144 valence electrons. The molecule has 6 nitrogen and oxygen atoms in total. The van der Waals surface area contributed by atoms with Crippen LogP contribution >= 0.6 is 0 Å². The van der Waals surface area contributed by atoms with E-state index in [1.807, 2.05) is 50.2 Å². The number of hydrogen-bond acceptors (Lipinski definition) is 4. The van der Waals surface area contributed by atoms with Crippen molar-refractivity contribution in [2.24, 2.45) is 0 Å². The average Bonchev–Trinajstić information content (AvgIpc) is 2.69. The number of amides is 2. The van der Waals surface area contributed by atoms with Gasteiger partial charge in [-0.2, -0.15) is 0 Å². The topological polar surface area (TPSA) is 76.1 Å². The molecular weight excluding hydrogens is 352 g/mol. The molecule has 2 aromatic carbocycles. The van der Waals surface area contributed by atoms with Crippen LogP contribution in [0.2, 0.25) is 0 Å². The Morgan fingerprint density at radius 3 is 2.57 bits per heavy atom. The largest absolute Gasteiger partial charge is 0.491 e. The molecule has 0 radical (unpaired) electrons. The lowest BCUT2D eigenvalue weighted by molar-refractivity contribution is 0.261. The summed E-state index contributed by atoms with van der Waals surface area (Å²) >= 11 is 0. The van der Waals surface area contributed by atoms with Crippen LogP contribution in [0.25, 0.3) is 0 Å². The number of rotatable bonds is 7. The number of ether oxygens (including phenoxy) is 1. The van der Waals surface area contributed by atoms with Crippen molar-refractivity contribution < 1.29 is 9.53 Å². The van der Waals surface area contributed by atoms with Gasteiger partial charge in [0.2, 0.25) is 0 Å². The Hall–Kier alpha value is -3.41. The lowest BCUT2D eigenvalue weighted by atomic mass is 10.1. The molecule has 0 saturated carbocycles. The van der Waals surface area contributed by atoms with Crippen LogP contribution in [0.15, 0.2) is 60.9 Å². The van der Waals surface area contributed by atoms with Crippen molar-refractivity contribution in [1.82, 2.24) is 9.97 Å². The molecular formula is C22H24N4O2. The number of benzene rings is 2. The van der Waals surface area contributed by atoms with Gasteiger partial charge >= 0.3 is 6.03 Å². The summed E-state index contributed by atoms with van der Waals surface area (Å²) in [6.45, 7) is 4.37. The van der Waals surface area contributed by atoms with Crippen LogP contribution < -0.4 is 15.4 Å². The molecule has 1 aromatic heterocycles. The van der Waals surface area contributed by atoms with Gasteiger partial charge in [0.15, 0.2) is 5.82 Å². The van der Waals surface area contributed by atoms with Gasteiger partial charge in [-0.25, -0.2) is 9.78 Å². The summed E-state index contributed by atoms with van der Waals surface area (Å²) in [5.74, 6) is 1.03. The van der Waals surface area contributed by atoms with E-state index in [1.165, 1.54) is 11.8 Å². The lowest BCUT2D eigenvalue weighted by Crippen LogP contribution is -2.21. The SMILES string of the molecule is Cc1ccc(OCCCc2ccccc2)c(NC(=O)Nc2cnc(C)cn2)c1. The smallest absolute Gasteiger partial charge is 0.324 e. The number of aryl methyl sites for hydroxylation is 3. The molecule has 0 fully saturated rings. The van der Waals surface area contributed by atoms with Crippen molar-refractivity contribution >= 4 is 17.5 Å². The van der Waals surface area contributed by atoms with Crippen molar-refractivity contribution in [3.63, 3.8) is 0 Å². The minimum Gasteiger partial charge on any atom is -0.491 e. The maximum Gasteiger partial charge on any atom is 0.324 e. The zero-order valence-electron chi connectivity index (χ0n) is 16.1. The molecule has 28 heavy (non-hydrogen) atoms. The number of hydrogen-bond donors (Lipinski definition) is 2. The summed E-state index contributed by atoms with van der Waals surface area (Å²) < 4.78 is 5.91. The summed E-state index contributed by atoms with van der Waals surface area (Å²) in [5.41, 5.74) is 3.72. The van der Waals surface area contributed by atoms with Gasteiger partial charge in [0.05, 0.1) is 30.4 Å². The zero-order chi connectivity index (χ0) is 19.8. The highest BCUT2D eigenvalue weighted by Crippen LogP contribution is 2.26. The predicted octanol–water partition coefficient (Wildman–Crippen LogP) is 4.75. The molecule has 0 bridgehead atoms. The molecule has 6 heteroatoms. The first-order chi connectivity index (χ1) is 13.6. The number of nitrogens with zero attached hydrogens (tertiary/aromatic N) is 2. The van der Waals surface area contributed by atoms with E-state index in [9.17, 15) is 4.79 Å². The monoisotopic (exact) mass is 376 g/mol. The molecule has 3 aromatic rings. The van der Waals surface area contributed by atoms with Crippen LogP contribution in [0.4, 0.5) is 16.3 Å². The Kier molecular flexibility index (Phi) is 6.57. The number of aromatic nitrogens is 2. The second-order valence-corrected chi connectivity index (χ2v) is 6.56. The van der Waals surface area contributed by atoms with Crippen molar-refractivity contribution in [3.05, 3.63) is 77.7 Å². The molecule has 0 spiro atoms. The molecule has 0 atom stereocenters. The number of nitrogens with one attached hydrogen (secondary N) is 2. The van der Waals surface area contributed by atoms with Crippen LogP contribution in [0.1, 0.15) is 23.2 Å². The van der Waals surface area contributed by atoms with Gasteiger partial charge in [0.1, 0.15) is 5.75 Å². The van der Waals surface area contributed by atoms with Gasteiger partial charge in [-0.05, 0) is 49.9 Å². The fraction of sp³-hybridized carbons (Fsp3) is 0.227. The average molecular weight is 376 g/mol. The third kappa shape index (κ3) is 5.81. The zero-order valence-corrected chi connectivity index (χ0v) is 16.1. The molecule has 0 unspecified atom stereocenters. The Labute approximate surface area is 165 Å². The first-order valence-corrected chi connectivity index (χ1v) is 9.24. The minimum atomic E-state index is -0.391. The summed E-state index contributed by atoms with van der Waals surface area (Å²) in [6, 6.07) is 15.6.